The summed E-state index contributed by atoms with van der Waals surface area (Å²) in [4.78, 5) is 18.2. The van der Waals surface area contributed by atoms with Gasteiger partial charge in [0.15, 0.2) is 0 Å². The Hall–Kier alpha value is -3.29. The normalized spacial score (nSPS) is 35.7. The third-order valence-corrected chi connectivity index (χ3v) is 13.9. The van der Waals surface area contributed by atoms with E-state index in [1.165, 1.54) is 0 Å². The molecule has 8 rings (SSSR count). The topological polar surface area (TPSA) is 110 Å². The summed E-state index contributed by atoms with van der Waals surface area (Å²) in [5.41, 5.74) is 6.06. The Morgan fingerprint density at radius 3 is 2.31 bits per heavy atom. The molecule has 274 valence electrons. The largest absolute Gasteiger partial charge is 0.489 e. The predicted octanol–water partition coefficient (Wildman–Crippen LogP) is 8.57. The molecule has 52 heavy (non-hydrogen) atoms. The van der Waals surface area contributed by atoms with Crippen LogP contribution in [-0.2, 0) is 18.9 Å². The monoisotopic (exact) mass is 759 g/mol. The maximum Gasteiger partial charge on any atom is 0.355 e. The van der Waals surface area contributed by atoms with Crippen LogP contribution in [0.15, 0.2) is 86.6 Å². The van der Waals surface area contributed by atoms with Gasteiger partial charge >= 0.3 is 5.97 Å². The average Bonchev–Trinajstić information content (AvgIpc) is 3.96. The number of esters is 1. The summed E-state index contributed by atoms with van der Waals surface area (Å²) in [6, 6.07) is 6.17. The minimum absolute atomic E-state index is 0.179. The fraction of sp³-hybridized carbons (Fsp3) is 0.439. The van der Waals surface area contributed by atoms with Crippen LogP contribution in [0.3, 0.4) is 0 Å². The van der Waals surface area contributed by atoms with Crippen molar-refractivity contribution in [2.24, 2.45) is 29.6 Å². The van der Waals surface area contributed by atoms with E-state index in [0.29, 0.717) is 17.9 Å². The van der Waals surface area contributed by atoms with Crippen molar-refractivity contribution in [1.82, 2.24) is 4.98 Å². The van der Waals surface area contributed by atoms with Crippen molar-refractivity contribution in [3.8, 4) is 33.5 Å². The fourth-order valence-electron chi connectivity index (χ4n) is 9.46. The third-order valence-electron chi connectivity index (χ3n) is 11.9. The van der Waals surface area contributed by atoms with Gasteiger partial charge in [0.25, 0.3) is 0 Å². The number of H-pyrrole nitrogens is 1. The number of carbonyl (C=O) groups is 1. The van der Waals surface area contributed by atoms with Gasteiger partial charge in [0, 0.05) is 58.8 Å². The number of rotatable bonds is 7. The number of thiophene rings is 3. The molecular formula is C41H45NO7S3. The summed E-state index contributed by atoms with van der Waals surface area (Å²) in [7, 11) is 1.63. The Balaban J connectivity index is 1.20. The Morgan fingerprint density at radius 2 is 1.69 bits per heavy atom. The van der Waals surface area contributed by atoms with E-state index in [0.717, 1.165) is 39.1 Å². The van der Waals surface area contributed by atoms with E-state index in [1.54, 1.807) is 48.0 Å². The average molecular weight is 760 g/mol. The SMILES string of the molecule is C=C1O[C@H](C(C)O)[C@H](C)/C=C(\C)[C@]23O[C@@H]4[C@H](C=CC2C[C@@H]1OC)[C@H]3[C@H](O)[C@@H](C)[C@H]4OC(=O)c1[nH]c(-c2ccsc2)c(-c2ccsc2)c1-c1ccsc1. The molecular weight excluding hydrogens is 715 g/mol. The highest BCUT2D eigenvalue weighted by Gasteiger charge is 2.69. The van der Waals surface area contributed by atoms with E-state index in [1.807, 2.05) is 36.1 Å². The molecule has 8 nitrogen and oxygen atoms in total. The van der Waals surface area contributed by atoms with Crippen LogP contribution in [0, 0.1) is 29.6 Å². The van der Waals surface area contributed by atoms with Crippen LogP contribution >= 0.6 is 34.0 Å². The third kappa shape index (κ3) is 5.63. The van der Waals surface area contributed by atoms with Crippen molar-refractivity contribution in [2.75, 3.05) is 7.11 Å². The van der Waals surface area contributed by atoms with Crippen molar-refractivity contribution < 1.29 is 34.0 Å². The molecule has 4 aromatic rings. The van der Waals surface area contributed by atoms with Gasteiger partial charge in [0.05, 0.1) is 17.9 Å². The van der Waals surface area contributed by atoms with Crippen molar-refractivity contribution in [3.05, 3.63) is 92.3 Å². The Bertz CT molecular complexity index is 1980. The summed E-state index contributed by atoms with van der Waals surface area (Å²) >= 11 is 4.80. The van der Waals surface area contributed by atoms with E-state index in [-0.39, 0.29) is 23.7 Å². The number of hydrogen-bond acceptors (Lipinski definition) is 10. The number of hydrogen-bond donors (Lipinski definition) is 3. The first-order chi connectivity index (χ1) is 25.0. The van der Waals surface area contributed by atoms with Crippen molar-refractivity contribution in [3.63, 3.8) is 0 Å². The number of aromatic amines is 1. The summed E-state index contributed by atoms with van der Waals surface area (Å²) < 4.78 is 26.1. The van der Waals surface area contributed by atoms with Gasteiger partial charge in [-0.2, -0.15) is 34.0 Å². The van der Waals surface area contributed by atoms with Gasteiger partial charge in [-0.25, -0.2) is 4.79 Å². The molecule has 1 saturated carbocycles. The van der Waals surface area contributed by atoms with Crippen molar-refractivity contribution in [1.29, 1.82) is 0 Å². The smallest absolute Gasteiger partial charge is 0.355 e. The first-order valence-corrected chi connectivity index (χ1v) is 20.7. The van der Waals surface area contributed by atoms with Crippen molar-refractivity contribution in [2.45, 2.75) is 76.3 Å². The number of nitrogens with one attached hydrogen (secondary N) is 1. The minimum Gasteiger partial charge on any atom is -0.489 e. The summed E-state index contributed by atoms with van der Waals surface area (Å²) in [6.07, 6.45) is 3.14. The van der Waals surface area contributed by atoms with Crippen LogP contribution in [0.25, 0.3) is 33.5 Å². The quantitative estimate of drug-likeness (QED) is 0.128. The Morgan fingerprint density at radius 1 is 1.04 bits per heavy atom. The molecule has 4 bridgehead atoms. The molecule has 0 aromatic carbocycles. The molecule has 1 saturated heterocycles. The Kier molecular flexibility index (Phi) is 9.51. The molecule has 4 aliphatic rings. The molecule has 0 radical (unpaired) electrons. The lowest BCUT2D eigenvalue weighted by Gasteiger charge is -2.49. The van der Waals surface area contributed by atoms with E-state index in [2.05, 4.69) is 65.0 Å². The second-order valence-electron chi connectivity index (χ2n) is 14.8. The highest BCUT2D eigenvalue weighted by molar-refractivity contribution is 7.08. The number of aromatic nitrogens is 1. The molecule has 4 aromatic heterocycles. The van der Waals surface area contributed by atoms with E-state index in [4.69, 9.17) is 18.9 Å². The molecule has 2 unspecified atom stereocenters. The maximum atomic E-state index is 14.7. The van der Waals surface area contributed by atoms with Crippen LogP contribution in [-0.4, -0.2) is 70.5 Å². The van der Waals surface area contributed by atoms with Gasteiger partial charge in [-0.3, -0.25) is 0 Å². The lowest BCUT2D eigenvalue weighted by molar-refractivity contribution is -0.108. The molecule has 2 fully saturated rings. The summed E-state index contributed by atoms with van der Waals surface area (Å²) in [5, 5.41) is 35.4. The van der Waals surface area contributed by atoms with E-state index >= 15 is 0 Å². The van der Waals surface area contributed by atoms with Crippen LogP contribution in [0.4, 0.5) is 0 Å². The summed E-state index contributed by atoms with van der Waals surface area (Å²) in [5.74, 6) is -1.27. The number of aliphatic hydroxyl groups is 2. The van der Waals surface area contributed by atoms with E-state index < -0.39 is 54.1 Å². The van der Waals surface area contributed by atoms with Crippen LogP contribution < -0.4 is 0 Å². The molecule has 2 aliphatic carbocycles. The molecule has 3 N–H and O–H groups in total. The maximum absolute atomic E-state index is 14.7. The first-order valence-electron chi connectivity index (χ1n) is 17.9. The highest BCUT2D eigenvalue weighted by atomic mass is 32.1. The van der Waals surface area contributed by atoms with Crippen LogP contribution in [0.5, 0.6) is 0 Å². The van der Waals surface area contributed by atoms with Crippen LogP contribution in [0.2, 0.25) is 0 Å². The zero-order valence-electron chi connectivity index (χ0n) is 29.9. The predicted molar refractivity (Wildman–Crippen MR) is 206 cm³/mol. The van der Waals surface area contributed by atoms with Gasteiger partial charge in [-0.05, 0) is 82.1 Å². The fourth-order valence-corrected chi connectivity index (χ4v) is 11.4. The standard InChI is InChI=1S/C41H45NO7S3/c1-20-15-21(2)41-28(16-30(46-6)24(5)47-37(20)23(4)43)7-8-29-33(41)36(44)22(3)38(39(29)49-41)48-40(45)35-32(26-10-13-51-18-26)31(25-9-12-50-17-25)34(42-35)27-11-14-52-19-27/h7-15,17-20,22-23,28-30,33,36-39,42-44H,5,16H2,1-4,6H3/b21-15+/t20-,22-,23?,28?,29-,30+,33+,36-,37+,38-,39-,41+/m1/s1. The second-order valence-corrected chi connectivity index (χ2v) is 17.1. The molecule has 12 atom stereocenters. The highest BCUT2D eigenvalue weighted by Crippen LogP contribution is 2.61. The molecule has 11 heteroatoms. The molecule has 0 amide bonds. The van der Waals surface area contributed by atoms with Gasteiger partial charge < -0.3 is 34.1 Å². The summed E-state index contributed by atoms with van der Waals surface area (Å²) in [6.45, 7) is 12.0. The zero-order valence-corrected chi connectivity index (χ0v) is 32.3. The van der Waals surface area contributed by atoms with Gasteiger partial charge in [0.1, 0.15) is 41.5 Å². The van der Waals surface area contributed by atoms with Gasteiger partial charge in [-0.1, -0.05) is 38.7 Å². The second kappa shape index (κ2) is 13.8. The lowest BCUT2D eigenvalue weighted by Crippen LogP contribution is -2.57. The Labute approximate surface area is 316 Å². The van der Waals surface area contributed by atoms with Crippen LogP contribution in [0.1, 0.15) is 44.6 Å². The lowest BCUT2D eigenvalue weighted by atomic mass is 9.57. The van der Waals surface area contributed by atoms with E-state index in [9.17, 15) is 15.0 Å². The van der Waals surface area contributed by atoms with Gasteiger partial charge in [-0.15, -0.1) is 0 Å². The number of aliphatic hydroxyl groups excluding tert-OH is 2. The van der Waals surface area contributed by atoms with Gasteiger partial charge in [0.2, 0.25) is 0 Å². The minimum atomic E-state index is -0.892. The van der Waals surface area contributed by atoms with Crippen molar-refractivity contribution >= 4 is 40.0 Å². The number of ether oxygens (including phenoxy) is 4. The molecule has 2 aliphatic heterocycles. The zero-order chi connectivity index (χ0) is 36.5. The number of methoxy groups -OCH3 is 1. The number of carbonyl (C=O) groups excluding carboxylic acids is 1. The molecule has 6 heterocycles. The first kappa shape index (κ1) is 35.7. The molecule has 1 spiro atoms.